The van der Waals surface area contributed by atoms with Crippen LogP contribution in [0.2, 0.25) is 28.4 Å². The van der Waals surface area contributed by atoms with Gasteiger partial charge in [-0.25, -0.2) is 0 Å². The summed E-state index contributed by atoms with van der Waals surface area (Å²) < 4.78 is 15.5. The fraction of sp³-hybridized carbons (Fsp3) is 1.00. The van der Waals surface area contributed by atoms with Crippen molar-refractivity contribution < 1.29 is 35.9 Å². The fourth-order valence-electron chi connectivity index (χ4n) is 2.99. The van der Waals surface area contributed by atoms with E-state index in [2.05, 4.69) is 41.5 Å². The summed E-state index contributed by atoms with van der Waals surface area (Å²) in [5.74, 6) is 0. The summed E-state index contributed by atoms with van der Waals surface area (Å²) in [6.07, 6.45) is 2.67. The quantitative estimate of drug-likeness (QED) is 0.415. The molecular weight excluding hydrogens is 280 g/mol. The van der Waals surface area contributed by atoms with Crippen molar-refractivity contribution in [2.24, 2.45) is 0 Å². The second kappa shape index (κ2) is 9.32. The molecule has 0 spiro atoms. The molecule has 0 saturated carbocycles. The predicted octanol–water partition coefficient (Wildman–Crippen LogP) is 6.55. The first-order chi connectivity index (χ1) is 8.07. The van der Waals surface area contributed by atoms with Crippen LogP contribution in [0.15, 0.2) is 0 Å². The molecule has 104 valence electrons. The molecule has 0 aromatic heterocycles. The molecule has 0 amide bonds. The molecule has 0 bridgehead atoms. The summed E-state index contributed by atoms with van der Waals surface area (Å²) in [6.45, 7) is 14.2. The maximum absolute atomic E-state index is 7.08. The van der Waals surface area contributed by atoms with Crippen molar-refractivity contribution in [2.45, 2.75) is 82.7 Å². The second-order valence-corrected chi connectivity index (χ2v) is 20.4. The Hall–Kier alpha value is 1.39. The summed E-state index contributed by atoms with van der Waals surface area (Å²) in [6, 6.07) is 0. The van der Waals surface area contributed by atoms with E-state index in [0.29, 0.717) is 0 Å². The molecule has 0 aromatic carbocycles. The van der Waals surface area contributed by atoms with Gasteiger partial charge < -0.3 is 0 Å². The van der Waals surface area contributed by atoms with Crippen LogP contribution in [-0.2, 0) is 35.9 Å². The normalized spacial score (nSPS) is 13.1. The Morgan fingerprint density at radius 2 is 0.941 bits per heavy atom. The molecule has 0 fully saturated rings. The van der Waals surface area contributed by atoms with Crippen LogP contribution >= 0.6 is 0 Å². The Bertz CT molecular complexity index is 176. The van der Waals surface area contributed by atoms with Crippen LogP contribution in [0.1, 0.15) is 54.4 Å². The van der Waals surface area contributed by atoms with Crippen molar-refractivity contribution in [3.8, 4) is 0 Å². The summed E-state index contributed by atoms with van der Waals surface area (Å²) in [7, 11) is 0. The van der Waals surface area contributed by atoms with Gasteiger partial charge in [0.15, 0.2) is 0 Å². The molecular formula is C14H34OTi2. The Morgan fingerprint density at radius 3 is 1.18 bits per heavy atom. The minimum atomic E-state index is -1.94. The van der Waals surface area contributed by atoms with Gasteiger partial charge in [-0.05, 0) is 0 Å². The van der Waals surface area contributed by atoms with Crippen molar-refractivity contribution in [3.63, 3.8) is 0 Å². The van der Waals surface area contributed by atoms with Crippen LogP contribution in [0.5, 0.6) is 0 Å². The van der Waals surface area contributed by atoms with E-state index in [-0.39, 0.29) is 0 Å². The second-order valence-electron chi connectivity index (χ2n) is 5.38. The number of hydrogen-bond donors (Lipinski definition) is 0. The fourth-order valence-corrected chi connectivity index (χ4v) is 23.3. The zero-order valence-electron chi connectivity index (χ0n) is 13.1. The standard InChI is InChI=1S/2C3H7.4C2H5.O.2Ti/c2*1-3-2;4*1-2;;;/h2*1,3H2,2H3;4*1H2,2H3;;;. The van der Waals surface area contributed by atoms with E-state index < -0.39 is 34.0 Å². The molecule has 0 radical (unpaired) electrons. The first kappa shape index (κ1) is 18.4. The molecule has 0 saturated heterocycles. The van der Waals surface area contributed by atoms with Crippen LogP contribution in [0.4, 0.5) is 0 Å². The van der Waals surface area contributed by atoms with Gasteiger partial charge in [0.05, 0.1) is 0 Å². The summed E-state index contributed by atoms with van der Waals surface area (Å²) in [5.41, 5.74) is 0. The van der Waals surface area contributed by atoms with Crippen LogP contribution in [0.3, 0.4) is 0 Å². The van der Waals surface area contributed by atoms with E-state index in [1.54, 1.807) is 0 Å². The Morgan fingerprint density at radius 1 is 0.588 bits per heavy atom. The van der Waals surface area contributed by atoms with Crippen LogP contribution in [0.25, 0.3) is 0 Å². The van der Waals surface area contributed by atoms with Crippen molar-refractivity contribution in [3.05, 3.63) is 0 Å². The zero-order chi connectivity index (χ0) is 13.4. The van der Waals surface area contributed by atoms with Gasteiger partial charge in [-0.2, -0.15) is 0 Å². The van der Waals surface area contributed by atoms with Gasteiger partial charge in [0.2, 0.25) is 0 Å². The number of rotatable bonds is 10. The Kier molecular flexibility index (Phi) is 10.1. The molecule has 0 aliphatic heterocycles. The van der Waals surface area contributed by atoms with Crippen molar-refractivity contribution in [1.29, 1.82) is 0 Å². The van der Waals surface area contributed by atoms with E-state index >= 15 is 0 Å². The molecule has 3 heteroatoms. The van der Waals surface area contributed by atoms with Crippen molar-refractivity contribution in [1.82, 2.24) is 0 Å². The van der Waals surface area contributed by atoms with Gasteiger partial charge in [0.1, 0.15) is 0 Å². The molecule has 17 heavy (non-hydrogen) atoms. The molecule has 0 rings (SSSR count). The zero-order valence-corrected chi connectivity index (χ0v) is 16.2. The topological polar surface area (TPSA) is 9.23 Å². The predicted molar refractivity (Wildman–Crippen MR) is 73.2 cm³/mol. The molecule has 0 aliphatic carbocycles. The van der Waals surface area contributed by atoms with E-state index in [1.807, 2.05) is 0 Å². The van der Waals surface area contributed by atoms with Gasteiger partial charge in [-0.1, -0.05) is 0 Å². The van der Waals surface area contributed by atoms with E-state index in [0.717, 1.165) is 0 Å². The van der Waals surface area contributed by atoms with Crippen molar-refractivity contribution in [2.75, 3.05) is 0 Å². The third kappa shape index (κ3) is 5.49. The average molecular weight is 314 g/mol. The Balaban J connectivity index is 4.91. The van der Waals surface area contributed by atoms with Crippen LogP contribution < -0.4 is 0 Å². The van der Waals surface area contributed by atoms with E-state index in [4.69, 9.17) is 1.90 Å². The van der Waals surface area contributed by atoms with Gasteiger partial charge >= 0.3 is 119 Å². The SMILES string of the molecule is CC[CH2][Ti]([CH2]C)([CH2]CC)[O][Ti]([CH2]C)([CH2]C)[CH2]C. The first-order valence-corrected chi connectivity index (χ1v) is 15.7. The monoisotopic (exact) mass is 314 g/mol. The molecule has 1 nitrogen and oxygen atoms in total. The van der Waals surface area contributed by atoms with Crippen LogP contribution in [-0.4, -0.2) is 0 Å². The average Bonchev–Trinajstić information content (AvgIpc) is 2.36. The Labute approximate surface area is 118 Å². The molecule has 0 aliphatic rings. The number of hydrogen-bond acceptors (Lipinski definition) is 1. The molecule has 0 unspecified atom stereocenters. The van der Waals surface area contributed by atoms with E-state index in [1.165, 1.54) is 41.2 Å². The third-order valence-corrected chi connectivity index (χ3v) is 23.8. The minimum absolute atomic E-state index is 1.34. The summed E-state index contributed by atoms with van der Waals surface area (Å²) in [4.78, 5) is 0. The van der Waals surface area contributed by atoms with Gasteiger partial charge in [0.25, 0.3) is 0 Å². The third-order valence-electron chi connectivity index (χ3n) is 4.42. The van der Waals surface area contributed by atoms with Crippen LogP contribution in [0, 0.1) is 0 Å². The molecule has 0 N–H and O–H groups in total. The molecule has 0 aromatic rings. The summed E-state index contributed by atoms with van der Waals surface area (Å²) >= 11 is -3.85. The first-order valence-electron chi connectivity index (χ1n) is 7.77. The molecule has 0 atom stereocenters. The van der Waals surface area contributed by atoms with Gasteiger partial charge in [-0.15, -0.1) is 0 Å². The van der Waals surface area contributed by atoms with E-state index in [9.17, 15) is 0 Å². The molecule has 0 heterocycles. The van der Waals surface area contributed by atoms with Gasteiger partial charge in [-0.3, -0.25) is 0 Å². The summed E-state index contributed by atoms with van der Waals surface area (Å²) in [5, 5.41) is 0. The maximum atomic E-state index is 7.08. The van der Waals surface area contributed by atoms with Gasteiger partial charge in [0, 0.05) is 0 Å². The van der Waals surface area contributed by atoms with Crippen molar-refractivity contribution >= 4 is 0 Å².